The molecule has 0 radical (unpaired) electrons. The number of hydrogen-bond donors (Lipinski definition) is 2. The van der Waals surface area contributed by atoms with Gasteiger partial charge in [0.05, 0.1) is 11.0 Å². The molecule has 2 aromatic carbocycles. The van der Waals surface area contributed by atoms with Crippen molar-refractivity contribution in [2.75, 3.05) is 0 Å². The van der Waals surface area contributed by atoms with Crippen LogP contribution < -0.4 is 0 Å². The van der Waals surface area contributed by atoms with Crippen LogP contribution >= 0.6 is 0 Å². The van der Waals surface area contributed by atoms with E-state index in [4.69, 9.17) is 0 Å². The molecule has 0 saturated carbocycles. The summed E-state index contributed by atoms with van der Waals surface area (Å²) in [5, 5.41) is 9.40. The van der Waals surface area contributed by atoms with Crippen molar-refractivity contribution in [2.24, 2.45) is 0 Å². The zero-order chi connectivity index (χ0) is 12.7. The highest BCUT2D eigenvalue weighted by molar-refractivity contribution is 5.81. The minimum Gasteiger partial charge on any atom is -0.508 e. The first-order chi connectivity index (χ1) is 8.63. The van der Waals surface area contributed by atoms with Gasteiger partial charge in [-0.3, -0.25) is 0 Å². The Bertz CT molecular complexity index is 734. The second-order valence-corrected chi connectivity index (χ2v) is 4.25. The third kappa shape index (κ3) is 1.72. The summed E-state index contributed by atoms with van der Waals surface area (Å²) in [6.45, 7) is 1.90. The summed E-state index contributed by atoms with van der Waals surface area (Å²) in [6.07, 6.45) is 0. The van der Waals surface area contributed by atoms with Crippen molar-refractivity contribution in [3.63, 3.8) is 0 Å². The molecule has 3 nitrogen and oxygen atoms in total. The lowest BCUT2D eigenvalue weighted by molar-refractivity contribution is 0.476. The first kappa shape index (κ1) is 10.8. The Kier molecular flexibility index (Phi) is 2.30. The van der Waals surface area contributed by atoms with Gasteiger partial charge in [0.15, 0.2) is 0 Å². The monoisotopic (exact) mass is 242 g/mol. The van der Waals surface area contributed by atoms with E-state index >= 15 is 0 Å². The molecule has 90 valence electrons. The quantitative estimate of drug-likeness (QED) is 0.687. The average Bonchev–Trinajstić information content (AvgIpc) is 2.74. The number of fused-ring (bicyclic) bond motifs is 1. The molecule has 3 aromatic rings. The Labute approximate surface area is 103 Å². The van der Waals surface area contributed by atoms with Crippen molar-refractivity contribution in [3.05, 3.63) is 47.8 Å². The molecule has 4 heteroatoms. The number of nitrogens with one attached hydrogen (secondary N) is 1. The molecular formula is C14H11FN2O. The van der Waals surface area contributed by atoms with Gasteiger partial charge in [0.25, 0.3) is 0 Å². The number of benzene rings is 2. The highest BCUT2D eigenvalue weighted by Gasteiger charge is 2.09. The Morgan fingerprint density at radius 3 is 2.83 bits per heavy atom. The van der Waals surface area contributed by atoms with Crippen LogP contribution in [-0.4, -0.2) is 15.1 Å². The van der Waals surface area contributed by atoms with E-state index in [0.29, 0.717) is 5.82 Å². The lowest BCUT2D eigenvalue weighted by Crippen LogP contribution is -1.87. The SMILES string of the molecule is Cc1ccc(F)cc1-c1nc2ccc(O)cc2[nH]1. The van der Waals surface area contributed by atoms with Gasteiger partial charge in [-0.2, -0.15) is 0 Å². The zero-order valence-electron chi connectivity index (χ0n) is 9.74. The zero-order valence-corrected chi connectivity index (χ0v) is 9.74. The normalized spacial score (nSPS) is 11.0. The van der Waals surface area contributed by atoms with Crippen molar-refractivity contribution < 1.29 is 9.50 Å². The minimum absolute atomic E-state index is 0.175. The van der Waals surface area contributed by atoms with E-state index in [1.807, 2.05) is 6.92 Å². The fourth-order valence-electron chi connectivity index (χ4n) is 1.97. The van der Waals surface area contributed by atoms with Crippen LogP contribution in [-0.2, 0) is 0 Å². The average molecular weight is 242 g/mol. The van der Waals surface area contributed by atoms with E-state index in [-0.39, 0.29) is 11.6 Å². The molecule has 0 fully saturated rings. The van der Waals surface area contributed by atoms with Crippen LogP contribution in [0.5, 0.6) is 5.75 Å². The number of aromatic hydroxyl groups is 1. The van der Waals surface area contributed by atoms with Crippen LogP contribution in [0.25, 0.3) is 22.4 Å². The Morgan fingerprint density at radius 2 is 2.00 bits per heavy atom. The van der Waals surface area contributed by atoms with Crippen LogP contribution in [0.2, 0.25) is 0 Å². The van der Waals surface area contributed by atoms with Gasteiger partial charge in [-0.25, -0.2) is 9.37 Å². The third-order valence-electron chi connectivity index (χ3n) is 2.92. The number of phenolic OH excluding ortho intramolecular Hbond substituents is 1. The summed E-state index contributed by atoms with van der Waals surface area (Å²) < 4.78 is 13.3. The number of rotatable bonds is 1. The van der Waals surface area contributed by atoms with Crippen LogP contribution in [0, 0.1) is 12.7 Å². The maximum absolute atomic E-state index is 13.3. The molecule has 0 unspecified atom stereocenters. The highest BCUT2D eigenvalue weighted by atomic mass is 19.1. The van der Waals surface area contributed by atoms with Gasteiger partial charge in [0.1, 0.15) is 17.4 Å². The summed E-state index contributed by atoms with van der Waals surface area (Å²) in [5.74, 6) is 0.486. The maximum Gasteiger partial charge on any atom is 0.138 e. The Morgan fingerprint density at radius 1 is 1.17 bits per heavy atom. The molecule has 0 aliphatic heterocycles. The summed E-state index contributed by atoms with van der Waals surface area (Å²) in [6, 6.07) is 9.49. The number of nitrogens with zero attached hydrogens (tertiary/aromatic N) is 1. The number of aromatic amines is 1. The molecule has 1 heterocycles. The van der Waals surface area contributed by atoms with E-state index in [0.717, 1.165) is 22.2 Å². The summed E-state index contributed by atoms with van der Waals surface area (Å²) >= 11 is 0. The first-order valence-electron chi connectivity index (χ1n) is 5.59. The van der Waals surface area contributed by atoms with Crippen LogP contribution in [0.3, 0.4) is 0 Å². The van der Waals surface area contributed by atoms with Crippen molar-refractivity contribution in [1.29, 1.82) is 0 Å². The van der Waals surface area contributed by atoms with E-state index in [1.54, 1.807) is 24.3 Å². The molecule has 0 aliphatic carbocycles. The summed E-state index contributed by atoms with van der Waals surface area (Å²) in [7, 11) is 0. The fourth-order valence-corrected chi connectivity index (χ4v) is 1.97. The number of phenols is 1. The number of halogens is 1. The highest BCUT2D eigenvalue weighted by Crippen LogP contribution is 2.25. The standard InChI is InChI=1S/C14H11FN2O/c1-8-2-3-9(15)6-11(8)14-16-12-5-4-10(18)7-13(12)17-14/h2-7,18H,1H3,(H,16,17). The molecule has 0 spiro atoms. The topological polar surface area (TPSA) is 48.9 Å². The predicted molar refractivity (Wildman–Crippen MR) is 67.9 cm³/mol. The molecule has 0 saturated heterocycles. The van der Waals surface area contributed by atoms with Gasteiger partial charge in [-0.05, 0) is 36.8 Å². The van der Waals surface area contributed by atoms with Crippen molar-refractivity contribution in [1.82, 2.24) is 9.97 Å². The lowest BCUT2D eigenvalue weighted by Gasteiger charge is -2.01. The van der Waals surface area contributed by atoms with Crippen LogP contribution in [0.15, 0.2) is 36.4 Å². The second kappa shape index (κ2) is 3.84. The second-order valence-electron chi connectivity index (χ2n) is 4.25. The number of H-pyrrole nitrogens is 1. The summed E-state index contributed by atoms with van der Waals surface area (Å²) in [5.41, 5.74) is 3.14. The molecule has 0 aliphatic rings. The van der Waals surface area contributed by atoms with E-state index in [1.165, 1.54) is 12.1 Å². The predicted octanol–water partition coefficient (Wildman–Crippen LogP) is 3.38. The lowest BCUT2D eigenvalue weighted by atomic mass is 10.1. The molecule has 2 N–H and O–H groups in total. The Balaban J connectivity index is 2.22. The molecule has 3 rings (SSSR count). The van der Waals surface area contributed by atoms with E-state index < -0.39 is 0 Å². The molecule has 0 atom stereocenters. The van der Waals surface area contributed by atoms with Gasteiger partial charge in [-0.15, -0.1) is 0 Å². The largest absolute Gasteiger partial charge is 0.508 e. The molecule has 1 aromatic heterocycles. The van der Waals surface area contributed by atoms with Gasteiger partial charge in [0.2, 0.25) is 0 Å². The van der Waals surface area contributed by atoms with Crippen LogP contribution in [0.1, 0.15) is 5.56 Å². The smallest absolute Gasteiger partial charge is 0.138 e. The van der Waals surface area contributed by atoms with Gasteiger partial charge < -0.3 is 10.1 Å². The molecule has 18 heavy (non-hydrogen) atoms. The third-order valence-corrected chi connectivity index (χ3v) is 2.92. The molecule has 0 bridgehead atoms. The number of aryl methyl sites for hydroxylation is 1. The van der Waals surface area contributed by atoms with Gasteiger partial charge in [0, 0.05) is 11.6 Å². The fraction of sp³-hybridized carbons (Fsp3) is 0.0714. The van der Waals surface area contributed by atoms with Crippen molar-refractivity contribution >= 4 is 11.0 Å². The van der Waals surface area contributed by atoms with Crippen molar-refractivity contribution in [3.8, 4) is 17.1 Å². The minimum atomic E-state index is -0.293. The van der Waals surface area contributed by atoms with Crippen molar-refractivity contribution in [2.45, 2.75) is 6.92 Å². The molecular weight excluding hydrogens is 231 g/mol. The maximum atomic E-state index is 13.3. The number of imidazole rings is 1. The van der Waals surface area contributed by atoms with Gasteiger partial charge >= 0.3 is 0 Å². The Hall–Kier alpha value is -2.36. The van der Waals surface area contributed by atoms with Gasteiger partial charge in [-0.1, -0.05) is 6.07 Å². The van der Waals surface area contributed by atoms with E-state index in [2.05, 4.69) is 9.97 Å². The van der Waals surface area contributed by atoms with Crippen LogP contribution in [0.4, 0.5) is 4.39 Å². The summed E-state index contributed by atoms with van der Waals surface area (Å²) in [4.78, 5) is 7.48. The number of hydrogen-bond acceptors (Lipinski definition) is 2. The molecule has 0 amide bonds. The first-order valence-corrected chi connectivity index (χ1v) is 5.59. The van der Waals surface area contributed by atoms with E-state index in [9.17, 15) is 9.50 Å². The number of aromatic nitrogens is 2.